The van der Waals surface area contributed by atoms with Gasteiger partial charge in [0.05, 0.1) is 12.1 Å². The van der Waals surface area contributed by atoms with Gasteiger partial charge in [-0.2, -0.15) is 0 Å². The van der Waals surface area contributed by atoms with Crippen LogP contribution in [-0.2, 0) is 11.3 Å². The predicted molar refractivity (Wildman–Crippen MR) is 118 cm³/mol. The van der Waals surface area contributed by atoms with Gasteiger partial charge in [-0.3, -0.25) is 14.2 Å². The van der Waals surface area contributed by atoms with Crippen molar-refractivity contribution in [2.75, 3.05) is 26.2 Å². The van der Waals surface area contributed by atoms with Crippen LogP contribution < -0.4 is 0 Å². The van der Waals surface area contributed by atoms with Gasteiger partial charge >= 0.3 is 6.03 Å². The molecule has 2 aromatic heterocycles. The highest BCUT2D eigenvalue weighted by atomic mass is 35.5. The number of hydrogen-bond acceptors (Lipinski definition) is 4. The number of amides is 3. The predicted octanol–water partition coefficient (Wildman–Crippen LogP) is 2.86. The summed E-state index contributed by atoms with van der Waals surface area (Å²) in [6.45, 7) is 3.14. The van der Waals surface area contributed by atoms with Crippen LogP contribution in [0.15, 0.2) is 36.7 Å². The van der Waals surface area contributed by atoms with E-state index in [0.717, 1.165) is 18.5 Å². The molecule has 5 rings (SSSR count). The molecule has 9 heteroatoms. The highest BCUT2D eigenvalue weighted by Crippen LogP contribution is 2.27. The number of likely N-dealkylation sites (tertiary alicyclic amines) is 2. The molecular formula is C23H26ClN5O3. The van der Waals surface area contributed by atoms with Crippen LogP contribution in [0, 0.1) is 5.92 Å². The summed E-state index contributed by atoms with van der Waals surface area (Å²) < 4.78 is 1.71. The highest BCUT2D eigenvalue weighted by Gasteiger charge is 2.37. The number of halogens is 1. The molecule has 3 aliphatic heterocycles. The zero-order valence-corrected chi connectivity index (χ0v) is 18.6. The molecule has 0 N–H and O–H groups in total. The number of carbonyl (C=O) groups excluding carboxylic acids is 3. The van der Waals surface area contributed by atoms with Crippen LogP contribution in [0.25, 0.3) is 0 Å². The second-order valence-corrected chi connectivity index (χ2v) is 9.16. The summed E-state index contributed by atoms with van der Waals surface area (Å²) in [6, 6.07) is 7.40. The maximum absolute atomic E-state index is 13.1. The van der Waals surface area contributed by atoms with Crippen molar-refractivity contribution in [1.82, 2.24) is 24.3 Å². The Morgan fingerprint density at radius 1 is 0.969 bits per heavy atom. The smallest absolute Gasteiger partial charge is 0.329 e. The van der Waals surface area contributed by atoms with Gasteiger partial charge in [0.2, 0.25) is 5.91 Å². The van der Waals surface area contributed by atoms with Crippen LogP contribution in [-0.4, -0.2) is 74.3 Å². The van der Waals surface area contributed by atoms with E-state index in [0.29, 0.717) is 56.3 Å². The first-order valence-corrected chi connectivity index (χ1v) is 11.6. The van der Waals surface area contributed by atoms with Crippen molar-refractivity contribution in [3.63, 3.8) is 0 Å². The van der Waals surface area contributed by atoms with Crippen LogP contribution in [0.5, 0.6) is 0 Å². The number of hydrogen-bond donors (Lipinski definition) is 0. The topological polar surface area (TPSA) is 78.8 Å². The van der Waals surface area contributed by atoms with E-state index in [9.17, 15) is 14.4 Å². The number of piperidine rings is 2. The zero-order chi connectivity index (χ0) is 22.2. The van der Waals surface area contributed by atoms with Gasteiger partial charge in [-0.1, -0.05) is 11.6 Å². The van der Waals surface area contributed by atoms with Crippen molar-refractivity contribution in [2.45, 2.75) is 38.3 Å². The van der Waals surface area contributed by atoms with Gasteiger partial charge in [-0.15, -0.1) is 0 Å². The molecule has 0 unspecified atom stereocenters. The third kappa shape index (κ3) is 3.88. The Hall–Kier alpha value is -2.87. The Labute approximate surface area is 191 Å². The number of pyridine rings is 1. The van der Waals surface area contributed by atoms with Crippen molar-refractivity contribution in [3.8, 4) is 0 Å². The normalized spacial score (nSPS) is 20.0. The fourth-order valence-corrected chi connectivity index (χ4v) is 5.18. The van der Waals surface area contributed by atoms with Gasteiger partial charge in [0.25, 0.3) is 5.91 Å². The Morgan fingerprint density at radius 3 is 2.34 bits per heavy atom. The Kier molecular flexibility index (Phi) is 5.63. The quantitative estimate of drug-likeness (QED) is 0.667. The molecule has 0 aliphatic carbocycles. The van der Waals surface area contributed by atoms with Crippen LogP contribution >= 0.6 is 11.6 Å². The maximum Gasteiger partial charge on any atom is 0.329 e. The van der Waals surface area contributed by atoms with E-state index in [4.69, 9.17) is 11.6 Å². The van der Waals surface area contributed by atoms with Crippen LogP contribution in [0.2, 0.25) is 5.15 Å². The average Bonchev–Trinajstić information content (AvgIpc) is 3.42. The minimum absolute atomic E-state index is 0.0442. The fourth-order valence-electron chi connectivity index (χ4n) is 5.07. The van der Waals surface area contributed by atoms with Crippen molar-refractivity contribution >= 4 is 29.4 Å². The second-order valence-electron chi connectivity index (χ2n) is 8.77. The minimum Gasteiger partial charge on any atom is -0.342 e. The zero-order valence-electron chi connectivity index (χ0n) is 17.8. The molecule has 168 valence electrons. The lowest BCUT2D eigenvalue weighted by atomic mass is 9.93. The first-order valence-electron chi connectivity index (χ1n) is 11.2. The first kappa shape index (κ1) is 21.0. The van der Waals surface area contributed by atoms with Crippen LogP contribution in [0.1, 0.15) is 41.7 Å². The number of carbonyl (C=O) groups is 3. The van der Waals surface area contributed by atoms with E-state index in [2.05, 4.69) is 4.98 Å². The third-order valence-electron chi connectivity index (χ3n) is 6.94. The maximum atomic E-state index is 13.1. The molecule has 5 heterocycles. The lowest BCUT2D eigenvalue weighted by molar-refractivity contribution is -0.138. The van der Waals surface area contributed by atoms with Crippen LogP contribution in [0.3, 0.4) is 0 Å². The highest BCUT2D eigenvalue weighted by molar-refractivity contribution is 6.29. The summed E-state index contributed by atoms with van der Waals surface area (Å²) in [7, 11) is 0. The van der Waals surface area contributed by atoms with E-state index in [1.807, 2.05) is 28.1 Å². The summed E-state index contributed by atoms with van der Waals surface area (Å²) >= 11 is 5.80. The summed E-state index contributed by atoms with van der Waals surface area (Å²) in [5.74, 6) is 0.0671. The summed E-state index contributed by atoms with van der Waals surface area (Å²) in [4.78, 5) is 48.0. The lowest BCUT2D eigenvalue weighted by Gasteiger charge is -2.39. The fraction of sp³-hybridized carbons (Fsp3) is 0.478. The summed E-state index contributed by atoms with van der Waals surface area (Å²) in [5.41, 5.74) is 1.55. The standard InChI is InChI=1S/C23H26ClN5O3/c24-20-4-3-17(14-25-20)22(31)26-10-5-16(6-11-26)21(30)27-12-7-18(8-13-27)29-15-19-2-1-9-28(19)23(29)32/h1-4,9,14,16,18H,5-8,10-13,15H2. The SMILES string of the molecule is O=C(c1ccc(Cl)nc1)N1CCC(C(=O)N2CCC(N3Cc4cccn4C3=O)CC2)CC1. The molecule has 8 nitrogen and oxygen atoms in total. The van der Waals surface area contributed by atoms with Crippen molar-refractivity contribution in [1.29, 1.82) is 0 Å². The molecule has 0 atom stereocenters. The minimum atomic E-state index is -0.0679. The molecule has 2 aromatic rings. The number of nitrogens with zero attached hydrogens (tertiary/aromatic N) is 5. The molecule has 32 heavy (non-hydrogen) atoms. The Bertz CT molecular complexity index is 1020. The lowest BCUT2D eigenvalue weighted by Crippen LogP contribution is -2.50. The van der Waals surface area contributed by atoms with Gasteiger partial charge in [0.1, 0.15) is 5.15 Å². The molecule has 0 radical (unpaired) electrons. The number of aromatic nitrogens is 2. The van der Waals surface area contributed by atoms with E-state index in [-0.39, 0.29) is 29.8 Å². The van der Waals surface area contributed by atoms with E-state index >= 15 is 0 Å². The van der Waals surface area contributed by atoms with Crippen molar-refractivity contribution in [2.24, 2.45) is 5.92 Å². The Balaban J connectivity index is 1.11. The average molecular weight is 456 g/mol. The molecule has 3 aliphatic rings. The van der Waals surface area contributed by atoms with Gasteiger partial charge in [-0.25, -0.2) is 9.78 Å². The van der Waals surface area contributed by atoms with Gasteiger partial charge < -0.3 is 14.7 Å². The molecule has 3 amide bonds. The number of fused-ring (bicyclic) bond motifs is 1. The molecule has 0 aromatic carbocycles. The van der Waals surface area contributed by atoms with Crippen molar-refractivity contribution < 1.29 is 14.4 Å². The molecule has 2 saturated heterocycles. The third-order valence-corrected chi connectivity index (χ3v) is 7.16. The Morgan fingerprint density at radius 2 is 1.69 bits per heavy atom. The van der Waals surface area contributed by atoms with Crippen LogP contribution in [0.4, 0.5) is 4.79 Å². The van der Waals surface area contributed by atoms with E-state index in [1.54, 1.807) is 21.6 Å². The number of rotatable bonds is 3. The molecule has 0 bridgehead atoms. The molecule has 0 spiro atoms. The monoisotopic (exact) mass is 455 g/mol. The van der Waals surface area contributed by atoms with Gasteiger partial charge in [-0.05, 0) is 49.9 Å². The molecular weight excluding hydrogens is 430 g/mol. The van der Waals surface area contributed by atoms with E-state index < -0.39 is 0 Å². The van der Waals surface area contributed by atoms with E-state index in [1.165, 1.54) is 6.20 Å². The van der Waals surface area contributed by atoms with Crippen molar-refractivity contribution in [3.05, 3.63) is 53.1 Å². The molecule has 0 saturated carbocycles. The van der Waals surface area contributed by atoms with Gasteiger partial charge in [0.15, 0.2) is 0 Å². The van der Waals surface area contributed by atoms with Gasteiger partial charge in [0, 0.05) is 56.2 Å². The first-order chi connectivity index (χ1) is 15.5. The summed E-state index contributed by atoms with van der Waals surface area (Å²) in [6.07, 6.45) is 6.27. The molecule has 2 fully saturated rings. The largest absolute Gasteiger partial charge is 0.342 e. The second kappa shape index (κ2) is 8.58. The summed E-state index contributed by atoms with van der Waals surface area (Å²) in [5, 5.41) is 0.359.